The Bertz CT molecular complexity index is 409. The van der Waals surface area contributed by atoms with E-state index in [1.165, 1.54) is 12.1 Å². The number of benzene rings is 1. The van der Waals surface area contributed by atoms with E-state index in [-0.39, 0.29) is 11.9 Å². The van der Waals surface area contributed by atoms with Crippen LogP contribution in [-0.2, 0) is 9.53 Å². The Morgan fingerprint density at radius 2 is 2.06 bits per heavy atom. The maximum absolute atomic E-state index is 12.8. The van der Waals surface area contributed by atoms with Gasteiger partial charge in [0.15, 0.2) is 5.60 Å². The van der Waals surface area contributed by atoms with E-state index in [0.717, 1.165) is 5.56 Å². The molecule has 1 atom stereocenters. The van der Waals surface area contributed by atoms with Gasteiger partial charge in [0.25, 0.3) is 0 Å². The maximum atomic E-state index is 12.8. The largest absolute Gasteiger partial charge is 0.479 e. The molecule has 0 aliphatic heterocycles. The first-order valence-corrected chi connectivity index (χ1v) is 5.74. The van der Waals surface area contributed by atoms with Crippen molar-refractivity contribution in [3.63, 3.8) is 0 Å². The molecule has 0 radical (unpaired) electrons. The van der Waals surface area contributed by atoms with Gasteiger partial charge in [-0.25, -0.2) is 9.18 Å². The van der Waals surface area contributed by atoms with Gasteiger partial charge in [-0.1, -0.05) is 19.1 Å². The summed E-state index contributed by atoms with van der Waals surface area (Å²) in [7, 11) is 0. The first-order chi connectivity index (χ1) is 8.07. The van der Waals surface area contributed by atoms with Gasteiger partial charge in [0.2, 0.25) is 0 Å². The highest BCUT2D eigenvalue weighted by Crippen LogP contribution is 2.44. The molecule has 1 fully saturated rings. The number of ether oxygens (including phenoxy) is 1. The van der Waals surface area contributed by atoms with Crippen molar-refractivity contribution in [2.75, 3.05) is 0 Å². The molecule has 1 N–H and O–H groups in total. The molecule has 3 nitrogen and oxygen atoms in total. The van der Waals surface area contributed by atoms with Crippen LogP contribution in [0.3, 0.4) is 0 Å². The number of aliphatic carboxylic acids is 1. The quantitative estimate of drug-likeness (QED) is 0.857. The van der Waals surface area contributed by atoms with Crippen molar-refractivity contribution in [1.82, 2.24) is 0 Å². The number of carboxylic acids is 1. The lowest BCUT2D eigenvalue weighted by molar-refractivity contribution is -0.159. The topological polar surface area (TPSA) is 46.5 Å². The van der Waals surface area contributed by atoms with E-state index in [9.17, 15) is 9.18 Å². The number of carboxylic acid groups (broad SMARTS) is 1. The van der Waals surface area contributed by atoms with Gasteiger partial charge < -0.3 is 9.84 Å². The maximum Gasteiger partial charge on any atom is 0.336 e. The summed E-state index contributed by atoms with van der Waals surface area (Å²) < 4.78 is 18.5. The smallest absolute Gasteiger partial charge is 0.336 e. The summed E-state index contributed by atoms with van der Waals surface area (Å²) in [4.78, 5) is 11.0. The SMILES string of the molecule is CCC(OC1(C(=O)O)CC1)c1ccc(F)cc1. The van der Waals surface area contributed by atoms with Crippen molar-refractivity contribution in [2.24, 2.45) is 0 Å². The average molecular weight is 238 g/mol. The summed E-state index contributed by atoms with van der Waals surface area (Å²) in [6.45, 7) is 1.92. The molecule has 1 unspecified atom stereocenters. The second kappa shape index (κ2) is 4.45. The van der Waals surface area contributed by atoms with E-state index in [0.29, 0.717) is 19.3 Å². The van der Waals surface area contributed by atoms with Crippen molar-refractivity contribution in [3.05, 3.63) is 35.6 Å². The van der Waals surface area contributed by atoms with Gasteiger partial charge in [0.1, 0.15) is 5.82 Å². The molecule has 1 saturated carbocycles. The number of rotatable bonds is 5. The molecule has 92 valence electrons. The molecule has 1 aliphatic carbocycles. The zero-order chi connectivity index (χ0) is 12.5. The first-order valence-electron chi connectivity index (χ1n) is 5.74. The lowest BCUT2D eigenvalue weighted by Gasteiger charge is -2.21. The minimum absolute atomic E-state index is 0.283. The molecule has 0 spiro atoms. The molecule has 4 heteroatoms. The lowest BCUT2D eigenvalue weighted by Crippen LogP contribution is -2.27. The molecule has 0 heterocycles. The summed E-state index contributed by atoms with van der Waals surface area (Å²) in [6, 6.07) is 6.01. The third-order valence-electron chi connectivity index (χ3n) is 3.07. The summed E-state index contributed by atoms with van der Waals surface area (Å²) >= 11 is 0. The van der Waals surface area contributed by atoms with Crippen LogP contribution in [0.1, 0.15) is 37.9 Å². The van der Waals surface area contributed by atoms with Crippen LogP contribution < -0.4 is 0 Å². The summed E-state index contributed by atoms with van der Waals surface area (Å²) in [6.07, 6.45) is 1.50. The molecule has 1 aliphatic rings. The van der Waals surface area contributed by atoms with Crippen LogP contribution in [-0.4, -0.2) is 16.7 Å². The highest BCUT2D eigenvalue weighted by molar-refractivity contribution is 5.80. The second-order valence-electron chi connectivity index (χ2n) is 4.37. The normalized spacial score (nSPS) is 18.7. The van der Waals surface area contributed by atoms with E-state index in [2.05, 4.69) is 0 Å². The van der Waals surface area contributed by atoms with Gasteiger partial charge in [0, 0.05) is 0 Å². The highest BCUT2D eigenvalue weighted by atomic mass is 19.1. The van der Waals surface area contributed by atoms with Gasteiger partial charge in [-0.05, 0) is 37.0 Å². The Morgan fingerprint density at radius 1 is 1.47 bits per heavy atom. The summed E-state index contributed by atoms with van der Waals surface area (Å²) in [5.41, 5.74) is -0.184. The fraction of sp³-hybridized carbons (Fsp3) is 0.462. The van der Waals surface area contributed by atoms with E-state index in [1.54, 1.807) is 12.1 Å². The zero-order valence-corrected chi connectivity index (χ0v) is 9.65. The molecule has 2 rings (SSSR count). The lowest BCUT2D eigenvalue weighted by atomic mass is 10.1. The average Bonchev–Trinajstić information content (AvgIpc) is 3.08. The third-order valence-corrected chi connectivity index (χ3v) is 3.07. The molecule has 0 saturated heterocycles. The standard InChI is InChI=1S/C13H15FO3/c1-2-11(9-3-5-10(14)6-4-9)17-13(7-8-13)12(15)16/h3-6,11H,2,7-8H2,1H3,(H,15,16). The van der Waals surface area contributed by atoms with Crippen LogP contribution in [0.15, 0.2) is 24.3 Å². The van der Waals surface area contributed by atoms with Gasteiger partial charge in [-0.3, -0.25) is 0 Å². The van der Waals surface area contributed by atoms with Crippen molar-refractivity contribution >= 4 is 5.97 Å². The summed E-state index contributed by atoms with van der Waals surface area (Å²) in [5.74, 6) is -1.21. The molecule has 1 aromatic carbocycles. The molecular formula is C13H15FO3. The van der Waals surface area contributed by atoms with Crippen LogP contribution in [0.5, 0.6) is 0 Å². The van der Waals surface area contributed by atoms with Crippen LogP contribution in [0.25, 0.3) is 0 Å². The van der Waals surface area contributed by atoms with Crippen LogP contribution in [0.2, 0.25) is 0 Å². The Labute approximate surface area is 99.2 Å². The van der Waals surface area contributed by atoms with Crippen molar-refractivity contribution < 1.29 is 19.0 Å². The van der Waals surface area contributed by atoms with Crippen molar-refractivity contribution in [2.45, 2.75) is 37.9 Å². The van der Waals surface area contributed by atoms with Crippen LogP contribution in [0.4, 0.5) is 4.39 Å². The highest BCUT2D eigenvalue weighted by Gasteiger charge is 2.53. The zero-order valence-electron chi connectivity index (χ0n) is 9.65. The predicted molar refractivity (Wildman–Crippen MR) is 60.1 cm³/mol. The fourth-order valence-electron chi connectivity index (χ4n) is 1.83. The Balaban J connectivity index is 2.12. The number of carbonyl (C=O) groups is 1. The van der Waals surface area contributed by atoms with E-state index in [4.69, 9.17) is 9.84 Å². The third kappa shape index (κ3) is 2.47. The Morgan fingerprint density at radius 3 is 2.47 bits per heavy atom. The number of hydrogen-bond acceptors (Lipinski definition) is 2. The Kier molecular flexibility index (Phi) is 3.15. The number of hydrogen-bond donors (Lipinski definition) is 1. The van der Waals surface area contributed by atoms with Gasteiger partial charge >= 0.3 is 5.97 Å². The van der Waals surface area contributed by atoms with E-state index >= 15 is 0 Å². The predicted octanol–water partition coefficient (Wildman–Crippen LogP) is 2.91. The van der Waals surface area contributed by atoms with E-state index < -0.39 is 11.6 Å². The van der Waals surface area contributed by atoms with Crippen molar-refractivity contribution in [3.8, 4) is 0 Å². The molecule has 0 bridgehead atoms. The summed E-state index contributed by atoms with van der Waals surface area (Å²) in [5, 5.41) is 9.05. The molecule has 0 aromatic heterocycles. The molecular weight excluding hydrogens is 223 g/mol. The van der Waals surface area contributed by atoms with Gasteiger partial charge in [-0.2, -0.15) is 0 Å². The monoisotopic (exact) mass is 238 g/mol. The van der Waals surface area contributed by atoms with Gasteiger partial charge in [0.05, 0.1) is 6.10 Å². The number of halogens is 1. The van der Waals surface area contributed by atoms with Crippen molar-refractivity contribution in [1.29, 1.82) is 0 Å². The van der Waals surface area contributed by atoms with Crippen LogP contribution >= 0.6 is 0 Å². The molecule has 1 aromatic rings. The van der Waals surface area contributed by atoms with Crippen LogP contribution in [0, 0.1) is 5.82 Å². The van der Waals surface area contributed by atoms with E-state index in [1.807, 2.05) is 6.92 Å². The molecule has 17 heavy (non-hydrogen) atoms. The minimum Gasteiger partial charge on any atom is -0.479 e. The van der Waals surface area contributed by atoms with Gasteiger partial charge in [-0.15, -0.1) is 0 Å². The second-order valence-corrected chi connectivity index (χ2v) is 4.37. The Hall–Kier alpha value is -1.42. The first kappa shape index (κ1) is 12.0. The molecule has 0 amide bonds. The fourth-order valence-corrected chi connectivity index (χ4v) is 1.83. The minimum atomic E-state index is -1.00.